The summed E-state index contributed by atoms with van der Waals surface area (Å²) >= 11 is 0. The first-order valence-corrected chi connectivity index (χ1v) is 11.2. The summed E-state index contributed by atoms with van der Waals surface area (Å²) in [4.78, 5) is 18.3. The molecular formula is C25H32N2O2. The molecule has 5 aliphatic rings. The Morgan fingerprint density at radius 2 is 1.59 bits per heavy atom. The van der Waals surface area contributed by atoms with Gasteiger partial charge < -0.3 is 10.4 Å². The lowest BCUT2D eigenvalue weighted by Gasteiger charge is -2.57. The molecule has 4 fully saturated rings. The molecule has 0 saturated heterocycles. The number of aliphatic hydroxyl groups is 1. The second-order valence-electron chi connectivity index (χ2n) is 10.9. The van der Waals surface area contributed by atoms with Crippen molar-refractivity contribution in [2.45, 2.75) is 70.8 Å². The number of aliphatic imine (C=N–C) groups is 1. The highest BCUT2D eigenvalue weighted by atomic mass is 16.3. The summed E-state index contributed by atoms with van der Waals surface area (Å²) in [6.07, 6.45) is 8.56. The smallest absolute Gasteiger partial charge is 0.256 e. The summed E-state index contributed by atoms with van der Waals surface area (Å²) in [5.74, 6) is 2.39. The minimum atomic E-state index is -0.116. The molecule has 0 heterocycles. The van der Waals surface area contributed by atoms with Gasteiger partial charge in [0.15, 0.2) is 0 Å². The first-order chi connectivity index (χ1) is 13.8. The Kier molecular flexibility index (Phi) is 4.38. The molecule has 154 valence electrons. The highest BCUT2D eigenvalue weighted by Crippen LogP contribution is 2.55. The van der Waals surface area contributed by atoms with Crippen molar-refractivity contribution in [2.75, 3.05) is 0 Å². The third kappa shape index (κ3) is 3.62. The molecule has 29 heavy (non-hydrogen) atoms. The van der Waals surface area contributed by atoms with Crippen molar-refractivity contribution in [2.24, 2.45) is 28.2 Å². The predicted octanol–water partition coefficient (Wildman–Crippen LogP) is 5.48. The fourth-order valence-corrected chi connectivity index (χ4v) is 6.90. The number of hydrogen-bond donors (Lipinski definition) is 2. The van der Waals surface area contributed by atoms with Gasteiger partial charge in [0.1, 0.15) is 5.76 Å². The fraction of sp³-hybridized carbons (Fsp3) is 0.600. The van der Waals surface area contributed by atoms with Crippen LogP contribution in [0.5, 0.6) is 0 Å². The molecule has 6 rings (SSSR count). The standard InChI is InChI=1S/C25H32N2O2/c1-24(2)14-20(26-19-6-4-3-5-7-19)22(21(28)15-24)23(29)27-25-11-16-8-17(12-25)10-18(9-16)13-25/h3-7,16-18,28H,8-15H2,1-2H3,(H,27,29). The molecule has 4 nitrogen and oxygen atoms in total. The first-order valence-electron chi connectivity index (χ1n) is 11.2. The minimum Gasteiger partial charge on any atom is -0.511 e. The van der Waals surface area contributed by atoms with Gasteiger partial charge in [-0.2, -0.15) is 0 Å². The zero-order valence-corrected chi connectivity index (χ0v) is 17.6. The third-order valence-electron chi connectivity index (χ3n) is 7.53. The summed E-state index contributed by atoms with van der Waals surface area (Å²) in [5, 5.41) is 14.3. The lowest BCUT2D eigenvalue weighted by Crippen LogP contribution is -2.60. The van der Waals surface area contributed by atoms with Crippen LogP contribution in [0.25, 0.3) is 0 Å². The van der Waals surface area contributed by atoms with Crippen molar-refractivity contribution in [1.29, 1.82) is 0 Å². The predicted molar refractivity (Wildman–Crippen MR) is 115 cm³/mol. The maximum atomic E-state index is 13.5. The van der Waals surface area contributed by atoms with Gasteiger partial charge in [0, 0.05) is 12.0 Å². The van der Waals surface area contributed by atoms with Crippen LogP contribution >= 0.6 is 0 Å². The van der Waals surface area contributed by atoms with E-state index in [0.29, 0.717) is 24.1 Å². The molecule has 0 atom stereocenters. The number of para-hydroxylation sites is 1. The van der Waals surface area contributed by atoms with Crippen molar-refractivity contribution in [1.82, 2.24) is 5.32 Å². The molecule has 4 bridgehead atoms. The molecule has 0 spiro atoms. The number of allylic oxidation sites excluding steroid dienone is 1. The summed E-state index contributed by atoms with van der Waals surface area (Å²) in [6.45, 7) is 4.25. The molecule has 4 heteroatoms. The van der Waals surface area contributed by atoms with Crippen LogP contribution in [0, 0.1) is 23.2 Å². The number of aliphatic hydroxyl groups excluding tert-OH is 1. The number of nitrogens with one attached hydrogen (secondary N) is 1. The van der Waals surface area contributed by atoms with Gasteiger partial charge in [-0.15, -0.1) is 0 Å². The number of benzene rings is 1. The highest BCUT2D eigenvalue weighted by Gasteiger charge is 2.52. The highest BCUT2D eigenvalue weighted by molar-refractivity contribution is 6.23. The quantitative estimate of drug-likeness (QED) is 0.716. The molecule has 1 aromatic rings. The second-order valence-corrected chi connectivity index (χ2v) is 10.9. The summed E-state index contributed by atoms with van der Waals surface area (Å²) in [7, 11) is 0. The van der Waals surface area contributed by atoms with Gasteiger partial charge in [-0.1, -0.05) is 32.0 Å². The van der Waals surface area contributed by atoms with Crippen LogP contribution in [-0.2, 0) is 4.79 Å². The van der Waals surface area contributed by atoms with Gasteiger partial charge in [0.2, 0.25) is 0 Å². The number of amides is 1. The van der Waals surface area contributed by atoms with Gasteiger partial charge in [0.05, 0.1) is 17.0 Å². The van der Waals surface area contributed by atoms with Crippen LogP contribution in [0.4, 0.5) is 5.69 Å². The Hall–Kier alpha value is -2.10. The van der Waals surface area contributed by atoms with E-state index in [2.05, 4.69) is 19.2 Å². The number of carbonyl (C=O) groups is 1. The van der Waals surface area contributed by atoms with Crippen LogP contribution in [0.15, 0.2) is 46.7 Å². The largest absolute Gasteiger partial charge is 0.511 e. The summed E-state index contributed by atoms with van der Waals surface area (Å²) < 4.78 is 0. The van der Waals surface area contributed by atoms with E-state index in [1.807, 2.05) is 30.3 Å². The van der Waals surface area contributed by atoms with Gasteiger partial charge in [-0.05, 0) is 80.2 Å². The molecule has 0 aliphatic heterocycles. The number of nitrogens with zero attached hydrogens (tertiary/aromatic N) is 1. The van der Waals surface area contributed by atoms with Crippen LogP contribution < -0.4 is 5.32 Å². The van der Waals surface area contributed by atoms with E-state index in [1.54, 1.807) is 0 Å². The van der Waals surface area contributed by atoms with Crippen molar-refractivity contribution in [3.05, 3.63) is 41.7 Å². The molecule has 0 unspecified atom stereocenters. The van der Waals surface area contributed by atoms with Crippen LogP contribution in [0.2, 0.25) is 0 Å². The van der Waals surface area contributed by atoms with Crippen LogP contribution in [-0.4, -0.2) is 22.3 Å². The maximum Gasteiger partial charge on any atom is 0.256 e. The molecule has 1 amide bonds. The molecule has 4 saturated carbocycles. The zero-order valence-electron chi connectivity index (χ0n) is 17.6. The molecule has 0 aromatic heterocycles. The monoisotopic (exact) mass is 392 g/mol. The molecular weight excluding hydrogens is 360 g/mol. The van der Waals surface area contributed by atoms with Crippen molar-refractivity contribution in [3.63, 3.8) is 0 Å². The lowest BCUT2D eigenvalue weighted by atomic mass is 9.53. The van der Waals surface area contributed by atoms with E-state index in [1.165, 1.54) is 19.3 Å². The third-order valence-corrected chi connectivity index (χ3v) is 7.53. The second kappa shape index (κ2) is 6.72. The average Bonchev–Trinajstić information content (AvgIpc) is 2.59. The molecule has 5 aliphatic carbocycles. The van der Waals surface area contributed by atoms with Crippen molar-refractivity contribution in [3.8, 4) is 0 Å². The van der Waals surface area contributed by atoms with Gasteiger partial charge in [0.25, 0.3) is 5.91 Å². The zero-order chi connectivity index (χ0) is 20.2. The van der Waals surface area contributed by atoms with E-state index in [4.69, 9.17) is 4.99 Å². The van der Waals surface area contributed by atoms with Crippen LogP contribution in [0.1, 0.15) is 65.2 Å². The van der Waals surface area contributed by atoms with E-state index in [0.717, 1.165) is 42.7 Å². The maximum absolute atomic E-state index is 13.5. The van der Waals surface area contributed by atoms with Gasteiger partial charge in [-0.3, -0.25) is 9.79 Å². The van der Waals surface area contributed by atoms with E-state index >= 15 is 0 Å². The molecule has 0 radical (unpaired) electrons. The Bertz CT molecular complexity index is 846. The average molecular weight is 393 g/mol. The normalized spacial score (nSPS) is 36.5. The van der Waals surface area contributed by atoms with E-state index in [-0.39, 0.29) is 22.6 Å². The Morgan fingerprint density at radius 1 is 1.00 bits per heavy atom. The van der Waals surface area contributed by atoms with Crippen molar-refractivity contribution >= 4 is 17.3 Å². The van der Waals surface area contributed by atoms with Crippen LogP contribution in [0.3, 0.4) is 0 Å². The fourth-order valence-electron chi connectivity index (χ4n) is 6.90. The topological polar surface area (TPSA) is 61.7 Å². The first kappa shape index (κ1) is 18.9. The Morgan fingerprint density at radius 3 is 2.17 bits per heavy atom. The lowest BCUT2D eigenvalue weighted by molar-refractivity contribution is -0.122. The van der Waals surface area contributed by atoms with Crippen molar-refractivity contribution < 1.29 is 9.90 Å². The SMILES string of the molecule is CC1(C)CC(=Nc2ccccc2)C(C(=O)NC23CC4CC(CC(C4)C2)C3)=C(O)C1. The van der Waals surface area contributed by atoms with Gasteiger partial charge in [-0.25, -0.2) is 0 Å². The van der Waals surface area contributed by atoms with Gasteiger partial charge >= 0.3 is 0 Å². The minimum absolute atomic E-state index is 0.0655. The number of rotatable bonds is 3. The summed E-state index contributed by atoms with van der Waals surface area (Å²) in [6, 6.07) is 9.75. The summed E-state index contributed by atoms with van der Waals surface area (Å²) in [5.41, 5.74) is 1.79. The van der Waals surface area contributed by atoms with E-state index in [9.17, 15) is 9.90 Å². The molecule has 2 N–H and O–H groups in total. The Balaban J connectivity index is 1.45. The van der Waals surface area contributed by atoms with E-state index < -0.39 is 0 Å². The number of hydrogen-bond acceptors (Lipinski definition) is 3. The Labute approximate surface area is 173 Å². The number of carbonyl (C=O) groups excluding carboxylic acids is 1. The molecule has 1 aromatic carbocycles.